The molecule has 0 aliphatic carbocycles. The number of rotatable bonds is 6. The molecule has 0 aliphatic heterocycles. The molecule has 0 aliphatic rings. The minimum Gasteiger partial charge on any atom is -0.479 e. The van der Waals surface area contributed by atoms with Gasteiger partial charge >= 0.3 is 0 Å². The van der Waals surface area contributed by atoms with Gasteiger partial charge in [-0.15, -0.1) is 0 Å². The van der Waals surface area contributed by atoms with E-state index < -0.39 is 0 Å². The number of methoxy groups -OCH3 is 1. The Morgan fingerprint density at radius 2 is 1.93 bits per heavy atom. The van der Waals surface area contributed by atoms with E-state index in [-0.39, 0.29) is 5.91 Å². The number of hydrogen-bond donors (Lipinski definition) is 2. The van der Waals surface area contributed by atoms with Crippen LogP contribution in [-0.4, -0.2) is 37.7 Å². The van der Waals surface area contributed by atoms with Gasteiger partial charge in [0.15, 0.2) is 5.65 Å². The molecule has 0 bridgehead atoms. The first kappa shape index (κ1) is 18.4. The maximum absolute atomic E-state index is 11.2. The lowest BCUT2D eigenvalue weighted by molar-refractivity contribution is -0.114. The molecule has 4 rings (SSSR count). The van der Waals surface area contributed by atoms with Gasteiger partial charge in [-0.25, -0.2) is 14.6 Å². The van der Waals surface area contributed by atoms with Gasteiger partial charge in [-0.05, 0) is 11.6 Å². The molecule has 29 heavy (non-hydrogen) atoms. The van der Waals surface area contributed by atoms with E-state index >= 15 is 0 Å². The molecular weight excluding hydrogens is 370 g/mol. The van der Waals surface area contributed by atoms with Gasteiger partial charge in [0.2, 0.25) is 11.8 Å². The normalized spacial score (nSPS) is 10.7. The third-order valence-corrected chi connectivity index (χ3v) is 4.18. The Hall–Kier alpha value is -4.01. The van der Waals surface area contributed by atoms with Crippen LogP contribution in [-0.2, 0) is 11.3 Å². The zero-order valence-electron chi connectivity index (χ0n) is 16.0. The predicted octanol–water partition coefficient (Wildman–Crippen LogP) is 2.98. The molecule has 0 atom stereocenters. The van der Waals surface area contributed by atoms with E-state index in [4.69, 9.17) is 4.74 Å². The third-order valence-electron chi connectivity index (χ3n) is 4.18. The van der Waals surface area contributed by atoms with Crippen molar-refractivity contribution in [2.45, 2.75) is 13.5 Å². The average Bonchev–Trinajstić information content (AvgIpc) is 3.09. The molecule has 9 heteroatoms. The quantitative estimate of drug-likeness (QED) is 0.522. The van der Waals surface area contributed by atoms with Gasteiger partial charge in [0.05, 0.1) is 19.9 Å². The van der Waals surface area contributed by atoms with Crippen molar-refractivity contribution in [2.75, 3.05) is 17.7 Å². The summed E-state index contributed by atoms with van der Waals surface area (Å²) in [6.45, 7) is 2.03. The minimum absolute atomic E-state index is 0.207. The van der Waals surface area contributed by atoms with Crippen LogP contribution in [0.4, 0.5) is 17.3 Å². The Morgan fingerprint density at radius 1 is 1.14 bits per heavy atom. The van der Waals surface area contributed by atoms with E-state index in [1.807, 2.05) is 41.1 Å². The Labute approximate surface area is 166 Å². The first-order chi connectivity index (χ1) is 14.1. The zero-order valence-corrected chi connectivity index (χ0v) is 16.0. The minimum atomic E-state index is -0.207. The summed E-state index contributed by atoms with van der Waals surface area (Å²) in [5.74, 6) is 1.10. The van der Waals surface area contributed by atoms with Gasteiger partial charge in [0.25, 0.3) is 0 Å². The van der Waals surface area contributed by atoms with Crippen molar-refractivity contribution in [3.8, 4) is 5.88 Å². The molecule has 0 saturated carbocycles. The summed E-state index contributed by atoms with van der Waals surface area (Å²) in [4.78, 5) is 24.0. The molecule has 1 aromatic carbocycles. The number of carbonyl (C=O) groups excluding carboxylic acids is 1. The van der Waals surface area contributed by atoms with Crippen LogP contribution >= 0.6 is 0 Å². The molecular formula is C20H19N7O2. The van der Waals surface area contributed by atoms with Crippen molar-refractivity contribution < 1.29 is 9.53 Å². The number of benzene rings is 1. The molecule has 1 amide bonds. The lowest BCUT2D eigenvalue weighted by Gasteiger charge is -2.11. The SMILES string of the molecule is COc1nc2c(cnn2Cc2ccccc2)cc1Nc1cc(NC(C)=O)ncn1. The summed E-state index contributed by atoms with van der Waals surface area (Å²) in [6.07, 6.45) is 3.13. The topological polar surface area (TPSA) is 107 Å². The van der Waals surface area contributed by atoms with E-state index in [1.165, 1.54) is 13.3 Å². The number of aromatic nitrogens is 5. The predicted molar refractivity (Wildman–Crippen MR) is 109 cm³/mol. The Morgan fingerprint density at radius 3 is 2.69 bits per heavy atom. The van der Waals surface area contributed by atoms with Gasteiger partial charge in [0.1, 0.15) is 23.7 Å². The van der Waals surface area contributed by atoms with Crippen LogP contribution in [0.3, 0.4) is 0 Å². The molecule has 0 saturated heterocycles. The van der Waals surface area contributed by atoms with E-state index in [0.29, 0.717) is 29.7 Å². The summed E-state index contributed by atoms with van der Waals surface area (Å²) < 4.78 is 7.30. The average molecular weight is 389 g/mol. The summed E-state index contributed by atoms with van der Waals surface area (Å²) in [7, 11) is 1.56. The molecule has 146 valence electrons. The molecule has 3 heterocycles. The van der Waals surface area contributed by atoms with Crippen molar-refractivity contribution in [3.63, 3.8) is 0 Å². The maximum Gasteiger partial charge on any atom is 0.239 e. The second kappa shape index (κ2) is 7.93. The highest BCUT2D eigenvalue weighted by Gasteiger charge is 2.13. The van der Waals surface area contributed by atoms with E-state index in [1.54, 1.807) is 19.4 Å². The summed E-state index contributed by atoms with van der Waals surface area (Å²) >= 11 is 0. The lowest BCUT2D eigenvalue weighted by Crippen LogP contribution is -2.08. The Bertz CT molecular complexity index is 1160. The number of carbonyl (C=O) groups is 1. The Kier molecular flexibility index (Phi) is 5.02. The molecule has 9 nitrogen and oxygen atoms in total. The van der Waals surface area contributed by atoms with Crippen molar-refractivity contribution >= 4 is 34.3 Å². The molecule has 0 radical (unpaired) electrons. The van der Waals surface area contributed by atoms with Crippen LogP contribution in [0.2, 0.25) is 0 Å². The number of anilines is 3. The standard InChI is InChI=1S/C20H19N7O2/c1-13(28)24-17-9-18(22-12-21-17)25-16-8-15-10-23-27(19(15)26-20(16)29-2)11-14-6-4-3-5-7-14/h3-10,12H,11H2,1-2H3,(H2,21,22,24,25,28). The lowest BCUT2D eigenvalue weighted by atomic mass is 10.2. The van der Waals surface area contributed by atoms with Gasteiger partial charge in [-0.1, -0.05) is 30.3 Å². The Balaban J connectivity index is 1.65. The number of amides is 1. The van der Waals surface area contributed by atoms with Crippen LogP contribution in [0.25, 0.3) is 11.0 Å². The highest BCUT2D eigenvalue weighted by molar-refractivity contribution is 5.88. The van der Waals surface area contributed by atoms with Crippen molar-refractivity contribution in [1.29, 1.82) is 0 Å². The number of ether oxygens (including phenoxy) is 1. The van der Waals surface area contributed by atoms with Gasteiger partial charge < -0.3 is 15.4 Å². The monoisotopic (exact) mass is 389 g/mol. The van der Waals surface area contributed by atoms with Crippen LogP contribution in [0, 0.1) is 0 Å². The fourth-order valence-corrected chi connectivity index (χ4v) is 2.92. The van der Waals surface area contributed by atoms with Crippen molar-refractivity contribution in [2.24, 2.45) is 0 Å². The second-order valence-electron chi connectivity index (χ2n) is 6.34. The number of nitrogens with zero attached hydrogens (tertiary/aromatic N) is 5. The molecule has 2 N–H and O–H groups in total. The second-order valence-corrected chi connectivity index (χ2v) is 6.34. The molecule has 0 unspecified atom stereocenters. The number of hydrogen-bond acceptors (Lipinski definition) is 7. The number of nitrogens with one attached hydrogen (secondary N) is 2. The highest BCUT2D eigenvalue weighted by Crippen LogP contribution is 2.29. The fourth-order valence-electron chi connectivity index (χ4n) is 2.92. The van der Waals surface area contributed by atoms with Crippen LogP contribution < -0.4 is 15.4 Å². The number of pyridine rings is 1. The van der Waals surface area contributed by atoms with Crippen LogP contribution in [0.5, 0.6) is 5.88 Å². The van der Waals surface area contributed by atoms with Crippen LogP contribution in [0.15, 0.2) is 55.0 Å². The van der Waals surface area contributed by atoms with Crippen LogP contribution in [0.1, 0.15) is 12.5 Å². The molecule has 3 aromatic heterocycles. The maximum atomic E-state index is 11.2. The van der Waals surface area contributed by atoms with Gasteiger partial charge in [0, 0.05) is 18.4 Å². The first-order valence-corrected chi connectivity index (χ1v) is 8.93. The van der Waals surface area contributed by atoms with Crippen molar-refractivity contribution in [1.82, 2.24) is 24.7 Å². The summed E-state index contributed by atoms with van der Waals surface area (Å²) in [6, 6.07) is 13.6. The molecule has 0 spiro atoms. The van der Waals surface area contributed by atoms with E-state index in [0.717, 1.165) is 16.6 Å². The molecule has 4 aromatic rings. The third kappa shape index (κ3) is 4.13. The summed E-state index contributed by atoms with van der Waals surface area (Å²) in [5.41, 5.74) is 2.48. The van der Waals surface area contributed by atoms with Gasteiger partial charge in [-0.2, -0.15) is 10.1 Å². The highest BCUT2D eigenvalue weighted by atomic mass is 16.5. The number of fused-ring (bicyclic) bond motifs is 1. The van der Waals surface area contributed by atoms with E-state index in [9.17, 15) is 4.79 Å². The molecule has 0 fully saturated rings. The van der Waals surface area contributed by atoms with Gasteiger partial charge in [-0.3, -0.25) is 4.79 Å². The zero-order chi connectivity index (χ0) is 20.2. The van der Waals surface area contributed by atoms with Crippen molar-refractivity contribution in [3.05, 3.63) is 60.6 Å². The largest absolute Gasteiger partial charge is 0.479 e. The fraction of sp³-hybridized carbons (Fsp3) is 0.150. The van der Waals surface area contributed by atoms with E-state index in [2.05, 4.69) is 30.7 Å². The smallest absolute Gasteiger partial charge is 0.239 e. The first-order valence-electron chi connectivity index (χ1n) is 8.93. The summed E-state index contributed by atoms with van der Waals surface area (Å²) in [5, 5.41) is 11.1.